The number of carbonyl (C=O) groups excluding carboxylic acids is 2. The fourth-order valence-corrected chi connectivity index (χ4v) is 4.25. The molecule has 8 heteroatoms. The second-order valence-corrected chi connectivity index (χ2v) is 8.25. The SMILES string of the molecule is N#Cc1ccc(-c2cnc3ccc(-c4ccc(C(=O)N5CCC(NC=O)CC5)cc4)nn23)cc1. The Morgan fingerprint density at radius 3 is 2.38 bits per heavy atom. The lowest BCUT2D eigenvalue weighted by Gasteiger charge is -2.31. The van der Waals surface area contributed by atoms with Gasteiger partial charge in [-0.15, -0.1) is 0 Å². The van der Waals surface area contributed by atoms with E-state index < -0.39 is 0 Å². The zero-order valence-corrected chi connectivity index (χ0v) is 18.4. The van der Waals surface area contributed by atoms with Gasteiger partial charge in [0.05, 0.1) is 29.2 Å². The Kier molecular flexibility index (Phi) is 5.75. The number of nitriles is 1. The average Bonchev–Trinajstić information content (AvgIpc) is 3.32. The lowest BCUT2D eigenvalue weighted by molar-refractivity contribution is -0.110. The number of nitrogens with one attached hydrogen (secondary N) is 1. The van der Waals surface area contributed by atoms with Crippen LogP contribution in [0.4, 0.5) is 0 Å². The number of fused-ring (bicyclic) bond motifs is 1. The number of rotatable bonds is 5. The minimum atomic E-state index is -0.00257. The van der Waals surface area contributed by atoms with E-state index in [-0.39, 0.29) is 11.9 Å². The third kappa shape index (κ3) is 4.11. The molecule has 0 atom stereocenters. The first kappa shape index (κ1) is 21.3. The van der Waals surface area contributed by atoms with Gasteiger partial charge in [-0.05, 0) is 49.2 Å². The fourth-order valence-electron chi connectivity index (χ4n) is 4.25. The number of aromatic nitrogens is 3. The number of piperidine rings is 1. The number of amides is 2. The molecule has 0 saturated carbocycles. The maximum absolute atomic E-state index is 12.9. The van der Waals surface area contributed by atoms with Gasteiger partial charge in [-0.2, -0.15) is 10.4 Å². The van der Waals surface area contributed by atoms with Crippen LogP contribution in [-0.2, 0) is 4.79 Å². The topological polar surface area (TPSA) is 103 Å². The smallest absolute Gasteiger partial charge is 0.253 e. The lowest BCUT2D eigenvalue weighted by atomic mass is 10.0. The van der Waals surface area contributed by atoms with Crippen molar-refractivity contribution in [1.29, 1.82) is 5.26 Å². The Hall–Kier alpha value is -4.51. The summed E-state index contributed by atoms with van der Waals surface area (Å²) >= 11 is 0. The molecule has 0 aliphatic carbocycles. The van der Waals surface area contributed by atoms with Gasteiger partial charge in [-0.25, -0.2) is 9.50 Å². The highest BCUT2D eigenvalue weighted by atomic mass is 16.2. The molecule has 2 aromatic heterocycles. The van der Waals surface area contributed by atoms with Crippen molar-refractivity contribution in [2.75, 3.05) is 13.1 Å². The van der Waals surface area contributed by atoms with Gasteiger partial charge in [-0.3, -0.25) is 9.59 Å². The molecule has 0 bridgehead atoms. The zero-order chi connectivity index (χ0) is 23.5. The molecule has 3 heterocycles. The standard InChI is InChI=1S/C26H22N6O2/c27-15-18-1-3-20(4-2-18)24-16-28-25-10-9-23(30-32(24)25)19-5-7-21(8-6-19)26(34)31-13-11-22(12-14-31)29-17-33/h1-10,16-17,22H,11-14H2,(H,29,33). The van der Waals surface area contributed by atoms with E-state index in [9.17, 15) is 9.59 Å². The van der Waals surface area contributed by atoms with Crippen LogP contribution in [0.2, 0.25) is 0 Å². The highest BCUT2D eigenvalue weighted by molar-refractivity contribution is 5.94. The number of hydrogen-bond donors (Lipinski definition) is 1. The van der Waals surface area contributed by atoms with Crippen molar-refractivity contribution in [1.82, 2.24) is 24.8 Å². The van der Waals surface area contributed by atoms with Crippen molar-refractivity contribution in [3.8, 4) is 28.6 Å². The van der Waals surface area contributed by atoms with Crippen molar-refractivity contribution in [3.63, 3.8) is 0 Å². The third-order valence-electron chi connectivity index (χ3n) is 6.19. The number of likely N-dealkylation sites (tertiary alicyclic amines) is 1. The Morgan fingerprint density at radius 1 is 1.00 bits per heavy atom. The van der Waals surface area contributed by atoms with Crippen LogP contribution in [0.5, 0.6) is 0 Å². The van der Waals surface area contributed by atoms with Crippen molar-refractivity contribution in [2.45, 2.75) is 18.9 Å². The molecule has 1 aliphatic heterocycles. The highest BCUT2D eigenvalue weighted by Crippen LogP contribution is 2.24. The summed E-state index contributed by atoms with van der Waals surface area (Å²) in [7, 11) is 0. The fraction of sp³-hybridized carbons (Fsp3) is 0.192. The summed E-state index contributed by atoms with van der Waals surface area (Å²) in [6.07, 6.45) is 4.02. The summed E-state index contributed by atoms with van der Waals surface area (Å²) in [5.41, 5.74) is 5.37. The summed E-state index contributed by atoms with van der Waals surface area (Å²) in [4.78, 5) is 29.8. The predicted molar refractivity (Wildman–Crippen MR) is 127 cm³/mol. The number of carbonyl (C=O) groups is 2. The highest BCUT2D eigenvalue weighted by Gasteiger charge is 2.23. The van der Waals surface area contributed by atoms with E-state index in [0.29, 0.717) is 24.2 Å². The second-order valence-electron chi connectivity index (χ2n) is 8.25. The molecule has 0 unspecified atom stereocenters. The van der Waals surface area contributed by atoms with Gasteiger partial charge in [0.25, 0.3) is 5.91 Å². The van der Waals surface area contributed by atoms with Gasteiger partial charge in [0, 0.05) is 35.8 Å². The largest absolute Gasteiger partial charge is 0.356 e. The lowest BCUT2D eigenvalue weighted by Crippen LogP contribution is -2.44. The zero-order valence-electron chi connectivity index (χ0n) is 18.4. The minimum Gasteiger partial charge on any atom is -0.356 e. The molecular weight excluding hydrogens is 428 g/mol. The molecule has 1 N–H and O–H groups in total. The summed E-state index contributed by atoms with van der Waals surface area (Å²) in [6.45, 7) is 1.26. The maximum Gasteiger partial charge on any atom is 0.253 e. The third-order valence-corrected chi connectivity index (χ3v) is 6.19. The number of benzene rings is 2. The molecule has 2 amide bonds. The molecule has 2 aromatic carbocycles. The van der Waals surface area contributed by atoms with E-state index >= 15 is 0 Å². The summed E-state index contributed by atoms with van der Waals surface area (Å²) in [5.74, 6) is -0.00257. The Labute approximate surface area is 196 Å². The van der Waals surface area contributed by atoms with E-state index in [4.69, 9.17) is 10.4 Å². The van der Waals surface area contributed by atoms with Crippen LogP contribution in [0.1, 0.15) is 28.8 Å². The second kappa shape index (κ2) is 9.16. The number of imidazole rings is 1. The van der Waals surface area contributed by atoms with Crippen molar-refractivity contribution < 1.29 is 9.59 Å². The van der Waals surface area contributed by atoms with Gasteiger partial charge in [0.1, 0.15) is 0 Å². The van der Waals surface area contributed by atoms with E-state index in [1.165, 1.54) is 0 Å². The maximum atomic E-state index is 12.9. The van der Waals surface area contributed by atoms with Crippen LogP contribution >= 0.6 is 0 Å². The molecule has 1 aliphatic rings. The van der Waals surface area contributed by atoms with Crippen LogP contribution < -0.4 is 5.32 Å². The van der Waals surface area contributed by atoms with Gasteiger partial charge in [-0.1, -0.05) is 24.3 Å². The number of nitrogens with zero attached hydrogens (tertiary/aromatic N) is 5. The molecule has 1 fully saturated rings. The molecule has 8 nitrogen and oxygen atoms in total. The molecule has 5 rings (SSSR count). The van der Waals surface area contributed by atoms with Crippen LogP contribution in [0.15, 0.2) is 66.9 Å². The van der Waals surface area contributed by atoms with E-state index in [2.05, 4.69) is 16.4 Å². The van der Waals surface area contributed by atoms with Gasteiger partial charge in [0.2, 0.25) is 6.41 Å². The molecule has 34 heavy (non-hydrogen) atoms. The monoisotopic (exact) mass is 450 g/mol. The average molecular weight is 451 g/mol. The molecule has 168 valence electrons. The van der Waals surface area contributed by atoms with E-state index in [1.807, 2.05) is 53.4 Å². The quantitative estimate of drug-likeness (QED) is 0.470. The van der Waals surface area contributed by atoms with Crippen molar-refractivity contribution in [2.24, 2.45) is 0 Å². The Morgan fingerprint density at radius 2 is 1.71 bits per heavy atom. The van der Waals surface area contributed by atoms with E-state index in [1.54, 1.807) is 22.8 Å². The molecule has 1 saturated heterocycles. The summed E-state index contributed by atoms with van der Waals surface area (Å²) < 4.78 is 1.79. The summed E-state index contributed by atoms with van der Waals surface area (Å²) in [6, 6.07) is 20.9. The van der Waals surface area contributed by atoms with Crippen LogP contribution in [0.25, 0.3) is 28.2 Å². The first-order valence-corrected chi connectivity index (χ1v) is 11.1. The molecular formula is C26H22N6O2. The van der Waals surface area contributed by atoms with Crippen LogP contribution in [0.3, 0.4) is 0 Å². The minimum absolute atomic E-state index is 0.00257. The Bertz CT molecular complexity index is 1380. The Balaban J connectivity index is 1.36. The summed E-state index contributed by atoms with van der Waals surface area (Å²) in [5, 5.41) is 16.6. The molecule has 0 spiro atoms. The van der Waals surface area contributed by atoms with Crippen LogP contribution in [-0.4, -0.2) is 50.9 Å². The van der Waals surface area contributed by atoms with E-state index in [0.717, 1.165) is 47.4 Å². The van der Waals surface area contributed by atoms with Gasteiger partial charge in [0.15, 0.2) is 5.65 Å². The predicted octanol–water partition coefficient (Wildman–Crippen LogP) is 3.29. The molecule has 0 radical (unpaired) electrons. The normalized spacial score (nSPS) is 14.0. The first-order valence-electron chi connectivity index (χ1n) is 11.1. The van der Waals surface area contributed by atoms with Gasteiger partial charge < -0.3 is 10.2 Å². The molecule has 4 aromatic rings. The van der Waals surface area contributed by atoms with Crippen molar-refractivity contribution in [3.05, 3.63) is 78.0 Å². The first-order chi connectivity index (χ1) is 16.7. The number of hydrogen-bond acceptors (Lipinski definition) is 5. The van der Waals surface area contributed by atoms with Crippen molar-refractivity contribution >= 4 is 18.0 Å². The van der Waals surface area contributed by atoms with Crippen LogP contribution in [0, 0.1) is 11.3 Å². The van der Waals surface area contributed by atoms with Gasteiger partial charge >= 0.3 is 0 Å².